The number of hydrogen-bond acceptors (Lipinski definition) is 1. The SMILES string of the molecule is CC(O)CC(C)Cc1ccc(F)cc1Cl. The van der Waals surface area contributed by atoms with Gasteiger partial charge in [0.05, 0.1) is 6.10 Å². The second kappa shape index (κ2) is 5.47. The molecule has 0 aliphatic carbocycles. The highest BCUT2D eigenvalue weighted by Crippen LogP contribution is 2.22. The zero-order valence-corrected chi connectivity index (χ0v) is 9.76. The first-order valence-electron chi connectivity index (χ1n) is 5.11. The minimum atomic E-state index is -0.313. The summed E-state index contributed by atoms with van der Waals surface area (Å²) in [6, 6.07) is 4.44. The molecule has 2 atom stereocenters. The normalized spacial score (nSPS) is 15.0. The van der Waals surface area contributed by atoms with Gasteiger partial charge in [-0.05, 0) is 43.4 Å². The minimum Gasteiger partial charge on any atom is -0.393 e. The van der Waals surface area contributed by atoms with Gasteiger partial charge in [0.15, 0.2) is 0 Å². The van der Waals surface area contributed by atoms with Crippen LogP contribution in [0.1, 0.15) is 25.8 Å². The second-order valence-electron chi connectivity index (χ2n) is 4.13. The van der Waals surface area contributed by atoms with Gasteiger partial charge in [-0.25, -0.2) is 4.39 Å². The summed E-state index contributed by atoms with van der Waals surface area (Å²) in [6.45, 7) is 3.81. The Labute approximate surface area is 94.9 Å². The molecule has 0 saturated heterocycles. The first-order valence-corrected chi connectivity index (χ1v) is 5.49. The van der Waals surface area contributed by atoms with Gasteiger partial charge in [-0.2, -0.15) is 0 Å². The molecule has 0 spiro atoms. The van der Waals surface area contributed by atoms with Gasteiger partial charge in [-0.15, -0.1) is 0 Å². The summed E-state index contributed by atoms with van der Waals surface area (Å²) in [5.41, 5.74) is 0.936. The van der Waals surface area contributed by atoms with Crippen molar-refractivity contribution in [2.45, 2.75) is 32.8 Å². The van der Waals surface area contributed by atoms with Gasteiger partial charge in [0.25, 0.3) is 0 Å². The number of benzene rings is 1. The molecule has 0 bridgehead atoms. The highest BCUT2D eigenvalue weighted by atomic mass is 35.5. The molecule has 1 rings (SSSR count). The molecule has 1 nitrogen and oxygen atoms in total. The number of aliphatic hydroxyl groups is 1. The van der Waals surface area contributed by atoms with Crippen molar-refractivity contribution in [2.24, 2.45) is 5.92 Å². The van der Waals surface area contributed by atoms with E-state index >= 15 is 0 Å². The summed E-state index contributed by atoms with van der Waals surface area (Å²) < 4.78 is 12.8. The Morgan fingerprint density at radius 1 is 1.40 bits per heavy atom. The number of rotatable bonds is 4. The quantitative estimate of drug-likeness (QED) is 0.840. The maximum absolute atomic E-state index is 12.8. The molecule has 0 heterocycles. The Morgan fingerprint density at radius 2 is 2.07 bits per heavy atom. The number of aliphatic hydroxyl groups excluding tert-OH is 1. The van der Waals surface area contributed by atoms with Crippen LogP contribution in [0, 0.1) is 11.7 Å². The topological polar surface area (TPSA) is 20.2 Å². The molecule has 15 heavy (non-hydrogen) atoms. The fraction of sp³-hybridized carbons (Fsp3) is 0.500. The third-order valence-corrected chi connectivity index (χ3v) is 2.68. The lowest BCUT2D eigenvalue weighted by Crippen LogP contribution is -2.09. The van der Waals surface area contributed by atoms with Crippen molar-refractivity contribution in [1.29, 1.82) is 0 Å². The molecular formula is C12H16ClFO. The van der Waals surface area contributed by atoms with Crippen molar-refractivity contribution < 1.29 is 9.50 Å². The second-order valence-corrected chi connectivity index (χ2v) is 4.54. The van der Waals surface area contributed by atoms with Crippen molar-refractivity contribution in [1.82, 2.24) is 0 Å². The Bertz CT molecular complexity index is 325. The molecule has 0 amide bonds. The molecule has 0 aliphatic rings. The summed E-state index contributed by atoms with van der Waals surface area (Å²) in [7, 11) is 0. The minimum absolute atomic E-state index is 0.306. The van der Waals surface area contributed by atoms with Crippen LogP contribution in [-0.4, -0.2) is 11.2 Å². The lowest BCUT2D eigenvalue weighted by molar-refractivity contribution is 0.164. The van der Waals surface area contributed by atoms with E-state index in [2.05, 4.69) is 0 Å². The molecule has 1 aromatic rings. The predicted octanol–water partition coefficient (Wildman–Crippen LogP) is 3.43. The van der Waals surface area contributed by atoms with Crippen LogP contribution in [0.25, 0.3) is 0 Å². The van der Waals surface area contributed by atoms with Crippen LogP contribution < -0.4 is 0 Å². The largest absolute Gasteiger partial charge is 0.393 e. The van der Waals surface area contributed by atoms with Crippen LogP contribution in [-0.2, 0) is 6.42 Å². The Balaban J connectivity index is 2.64. The molecule has 0 aromatic heterocycles. The van der Waals surface area contributed by atoms with E-state index in [4.69, 9.17) is 11.6 Å². The monoisotopic (exact) mass is 230 g/mol. The summed E-state index contributed by atoms with van der Waals surface area (Å²) in [4.78, 5) is 0. The predicted molar refractivity (Wildman–Crippen MR) is 60.6 cm³/mol. The molecule has 3 heteroatoms. The van der Waals surface area contributed by atoms with Crippen molar-refractivity contribution in [3.8, 4) is 0 Å². The smallest absolute Gasteiger partial charge is 0.124 e. The van der Waals surface area contributed by atoms with Crippen LogP contribution in [0.15, 0.2) is 18.2 Å². The zero-order chi connectivity index (χ0) is 11.4. The fourth-order valence-corrected chi connectivity index (χ4v) is 1.97. The lowest BCUT2D eigenvalue weighted by Gasteiger charge is -2.14. The molecular weight excluding hydrogens is 215 g/mol. The van der Waals surface area contributed by atoms with E-state index in [0.29, 0.717) is 10.9 Å². The summed E-state index contributed by atoms with van der Waals surface area (Å²) >= 11 is 5.91. The van der Waals surface area contributed by atoms with Crippen LogP contribution in [0.2, 0.25) is 5.02 Å². The fourth-order valence-electron chi connectivity index (χ4n) is 1.73. The van der Waals surface area contributed by atoms with Crippen LogP contribution >= 0.6 is 11.6 Å². The highest BCUT2D eigenvalue weighted by molar-refractivity contribution is 6.31. The van der Waals surface area contributed by atoms with Crippen molar-refractivity contribution in [2.75, 3.05) is 0 Å². The zero-order valence-electron chi connectivity index (χ0n) is 9.00. The van der Waals surface area contributed by atoms with Crippen molar-refractivity contribution >= 4 is 11.6 Å². The van der Waals surface area contributed by atoms with E-state index in [1.54, 1.807) is 13.0 Å². The van der Waals surface area contributed by atoms with Crippen LogP contribution in [0.3, 0.4) is 0 Å². The lowest BCUT2D eigenvalue weighted by atomic mass is 9.96. The molecule has 2 unspecified atom stereocenters. The molecule has 1 N–H and O–H groups in total. The van der Waals surface area contributed by atoms with Crippen molar-refractivity contribution in [3.05, 3.63) is 34.6 Å². The van der Waals surface area contributed by atoms with Gasteiger partial charge in [0.2, 0.25) is 0 Å². The van der Waals surface area contributed by atoms with Gasteiger partial charge in [0, 0.05) is 5.02 Å². The Morgan fingerprint density at radius 3 is 2.60 bits per heavy atom. The van der Waals surface area contributed by atoms with E-state index in [9.17, 15) is 9.50 Å². The van der Waals surface area contributed by atoms with E-state index in [1.165, 1.54) is 12.1 Å². The first kappa shape index (κ1) is 12.5. The average molecular weight is 231 g/mol. The highest BCUT2D eigenvalue weighted by Gasteiger charge is 2.09. The number of halogens is 2. The van der Waals surface area contributed by atoms with E-state index < -0.39 is 0 Å². The third kappa shape index (κ3) is 4.18. The van der Waals surface area contributed by atoms with E-state index in [0.717, 1.165) is 18.4 Å². The van der Waals surface area contributed by atoms with E-state index in [-0.39, 0.29) is 11.9 Å². The van der Waals surface area contributed by atoms with Gasteiger partial charge in [0.1, 0.15) is 5.82 Å². The summed E-state index contributed by atoms with van der Waals surface area (Å²) in [5, 5.41) is 9.69. The van der Waals surface area contributed by atoms with Crippen LogP contribution in [0.4, 0.5) is 4.39 Å². The molecule has 0 radical (unpaired) electrons. The maximum atomic E-state index is 12.8. The third-order valence-electron chi connectivity index (χ3n) is 2.33. The van der Waals surface area contributed by atoms with Crippen LogP contribution in [0.5, 0.6) is 0 Å². The maximum Gasteiger partial charge on any atom is 0.124 e. The summed E-state index contributed by atoms with van der Waals surface area (Å²) in [5.74, 6) is 0.0277. The Kier molecular flexibility index (Phi) is 4.55. The Hall–Kier alpha value is -0.600. The van der Waals surface area contributed by atoms with Gasteiger partial charge in [-0.3, -0.25) is 0 Å². The van der Waals surface area contributed by atoms with Crippen molar-refractivity contribution in [3.63, 3.8) is 0 Å². The van der Waals surface area contributed by atoms with Gasteiger partial charge < -0.3 is 5.11 Å². The summed E-state index contributed by atoms with van der Waals surface area (Å²) in [6.07, 6.45) is 1.19. The molecule has 0 aliphatic heterocycles. The molecule has 84 valence electrons. The average Bonchev–Trinajstić information content (AvgIpc) is 2.08. The first-order chi connectivity index (χ1) is 6.99. The number of hydrogen-bond donors (Lipinski definition) is 1. The molecule has 1 aromatic carbocycles. The molecule has 0 fully saturated rings. The van der Waals surface area contributed by atoms with Gasteiger partial charge >= 0.3 is 0 Å². The standard InChI is InChI=1S/C12H16ClFO/c1-8(5-9(2)15)6-10-3-4-11(14)7-12(10)13/h3-4,7-9,15H,5-6H2,1-2H3. The van der Waals surface area contributed by atoms with Gasteiger partial charge in [-0.1, -0.05) is 24.6 Å². The molecule has 0 saturated carbocycles. The van der Waals surface area contributed by atoms with E-state index in [1.807, 2.05) is 6.92 Å².